The summed E-state index contributed by atoms with van der Waals surface area (Å²) in [4.78, 5) is 8.29. The Balaban J connectivity index is 3.03. The van der Waals surface area contributed by atoms with E-state index in [1.54, 1.807) is 14.0 Å². The second-order valence-electron chi connectivity index (χ2n) is 3.72. The van der Waals surface area contributed by atoms with Crippen molar-refractivity contribution >= 4 is 5.82 Å². The molecule has 0 aliphatic carbocycles. The largest absolute Gasteiger partial charge is 0.384 e. The second-order valence-corrected chi connectivity index (χ2v) is 3.72. The minimum Gasteiger partial charge on any atom is -0.384 e. The first-order valence-electron chi connectivity index (χ1n) is 5.37. The van der Waals surface area contributed by atoms with Gasteiger partial charge in [0, 0.05) is 19.6 Å². The molecule has 0 aromatic carbocycles. The predicted octanol–water partition coefficient (Wildman–Crippen LogP) is 2.11. The predicted molar refractivity (Wildman–Crippen MR) is 61.2 cm³/mol. The van der Waals surface area contributed by atoms with Gasteiger partial charge in [-0.1, -0.05) is 6.92 Å². The van der Waals surface area contributed by atoms with Crippen LogP contribution in [0.25, 0.3) is 0 Å². The number of nitrogens with one attached hydrogen (secondary N) is 1. The average Bonchev–Trinajstić information content (AvgIpc) is 2.25. The first kappa shape index (κ1) is 12.8. The van der Waals surface area contributed by atoms with Gasteiger partial charge >= 0.3 is 0 Å². The van der Waals surface area contributed by atoms with E-state index in [-0.39, 0.29) is 17.6 Å². The Morgan fingerprint density at radius 3 is 2.69 bits per heavy atom. The van der Waals surface area contributed by atoms with Crippen molar-refractivity contribution in [2.45, 2.75) is 26.7 Å². The van der Waals surface area contributed by atoms with Gasteiger partial charge < -0.3 is 10.1 Å². The number of nitrogens with zero attached hydrogens (tertiary/aromatic N) is 2. The topological polar surface area (TPSA) is 47.0 Å². The van der Waals surface area contributed by atoms with Crippen molar-refractivity contribution in [2.24, 2.45) is 0 Å². The van der Waals surface area contributed by atoms with Crippen LogP contribution in [-0.4, -0.2) is 30.2 Å². The fourth-order valence-electron chi connectivity index (χ4n) is 1.41. The number of hydrogen-bond acceptors (Lipinski definition) is 4. The Hall–Kier alpha value is -1.23. The van der Waals surface area contributed by atoms with Crippen molar-refractivity contribution in [1.82, 2.24) is 9.97 Å². The Kier molecular flexibility index (Phi) is 4.61. The standard InChI is InChI=1S/C11H18FN3O/c1-5-13-11-9(12)8(3)14-10(15-11)7(2)6-16-4/h7H,5-6H2,1-4H3,(H,13,14,15). The highest BCUT2D eigenvalue weighted by Gasteiger charge is 2.15. The molecule has 4 nitrogen and oxygen atoms in total. The van der Waals surface area contributed by atoms with Gasteiger partial charge in [-0.2, -0.15) is 0 Å². The number of ether oxygens (including phenoxy) is 1. The van der Waals surface area contributed by atoms with Crippen LogP contribution in [0.5, 0.6) is 0 Å². The fourth-order valence-corrected chi connectivity index (χ4v) is 1.41. The summed E-state index contributed by atoms with van der Waals surface area (Å²) < 4.78 is 18.6. The molecule has 0 radical (unpaired) electrons. The van der Waals surface area contributed by atoms with Gasteiger partial charge in [0.2, 0.25) is 0 Å². The van der Waals surface area contributed by atoms with Crippen molar-refractivity contribution in [3.63, 3.8) is 0 Å². The highest BCUT2D eigenvalue weighted by atomic mass is 19.1. The maximum atomic E-state index is 13.6. The molecule has 0 saturated heterocycles. The number of rotatable bonds is 5. The molecule has 1 aromatic rings. The van der Waals surface area contributed by atoms with Crippen molar-refractivity contribution in [3.05, 3.63) is 17.3 Å². The molecule has 0 spiro atoms. The van der Waals surface area contributed by atoms with Gasteiger partial charge in [-0.05, 0) is 13.8 Å². The van der Waals surface area contributed by atoms with E-state index in [0.29, 0.717) is 24.7 Å². The first-order chi connectivity index (χ1) is 7.60. The SMILES string of the molecule is CCNc1nc(C(C)COC)nc(C)c1F. The molecule has 1 heterocycles. The lowest BCUT2D eigenvalue weighted by atomic mass is 10.2. The van der Waals surface area contributed by atoms with Crippen LogP contribution < -0.4 is 5.32 Å². The molecule has 0 aliphatic rings. The molecule has 1 rings (SSSR count). The lowest BCUT2D eigenvalue weighted by molar-refractivity contribution is 0.181. The second kappa shape index (κ2) is 5.75. The van der Waals surface area contributed by atoms with Crippen LogP contribution in [0.3, 0.4) is 0 Å². The maximum absolute atomic E-state index is 13.6. The van der Waals surface area contributed by atoms with Gasteiger partial charge in [-0.3, -0.25) is 0 Å². The van der Waals surface area contributed by atoms with Crippen LogP contribution >= 0.6 is 0 Å². The van der Waals surface area contributed by atoms with Crippen LogP contribution in [0.1, 0.15) is 31.3 Å². The highest BCUT2D eigenvalue weighted by molar-refractivity contribution is 5.38. The third-order valence-corrected chi connectivity index (χ3v) is 2.24. The summed E-state index contributed by atoms with van der Waals surface area (Å²) >= 11 is 0. The molecule has 90 valence electrons. The van der Waals surface area contributed by atoms with Gasteiger partial charge in [0.15, 0.2) is 11.6 Å². The minimum atomic E-state index is -0.379. The third-order valence-electron chi connectivity index (χ3n) is 2.24. The van der Waals surface area contributed by atoms with Gasteiger partial charge in [0.1, 0.15) is 5.82 Å². The number of halogens is 1. The summed E-state index contributed by atoms with van der Waals surface area (Å²) in [5, 5.41) is 2.89. The van der Waals surface area contributed by atoms with Crippen LogP contribution in [0.2, 0.25) is 0 Å². The van der Waals surface area contributed by atoms with E-state index >= 15 is 0 Å². The fraction of sp³-hybridized carbons (Fsp3) is 0.636. The molecule has 0 aliphatic heterocycles. The molecule has 0 amide bonds. The van der Waals surface area contributed by atoms with Gasteiger partial charge in [-0.25, -0.2) is 14.4 Å². The van der Waals surface area contributed by atoms with Crippen LogP contribution in [0, 0.1) is 12.7 Å². The zero-order valence-corrected chi connectivity index (χ0v) is 10.2. The first-order valence-corrected chi connectivity index (χ1v) is 5.37. The zero-order chi connectivity index (χ0) is 12.1. The number of aromatic nitrogens is 2. The number of aryl methyl sites for hydroxylation is 1. The molecule has 5 heteroatoms. The summed E-state index contributed by atoms with van der Waals surface area (Å²) in [6.45, 7) is 6.64. The lowest BCUT2D eigenvalue weighted by Gasteiger charge is -2.12. The molecule has 0 saturated carbocycles. The third kappa shape index (κ3) is 2.88. The van der Waals surface area contributed by atoms with Gasteiger partial charge in [-0.15, -0.1) is 0 Å². The summed E-state index contributed by atoms with van der Waals surface area (Å²) in [6.07, 6.45) is 0. The Morgan fingerprint density at radius 1 is 1.44 bits per heavy atom. The molecule has 0 bridgehead atoms. The van der Waals surface area contributed by atoms with Crippen LogP contribution in [0.15, 0.2) is 0 Å². The molecular formula is C11H18FN3O. The Labute approximate surface area is 95.3 Å². The summed E-state index contributed by atoms with van der Waals surface area (Å²) in [5.74, 6) is 0.557. The molecule has 0 fully saturated rings. The van der Waals surface area contributed by atoms with E-state index in [1.165, 1.54) is 0 Å². The number of methoxy groups -OCH3 is 1. The van der Waals surface area contributed by atoms with Gasteiger partial charge in [0.25, 0.3) is 0 Å². The summed E-state index contributed by atoms with van der Waals surface area (Å²) in [7, 11) is 1.62. The van der Waals surface area contributed by atoms with E-state index in [9.17, 15) is 4.39 Å². The summed E-state index contributed by atoms with van der Waals surface area (Å²) in [5.41, 5.74) is 0.365. The van der Waals surface area contributed by atoms with Crippen LogP contribution in [-0.2, 0) is 4.74 Å². The van der Waals surface area contributed by atoms with E-state index in [4.69, 9.17) is 4.74 Å². The van der Waals surface area contributed by atoms with Crippen molar-refractivity contribution in [1.29, 1.82) is 0 Å². The van der Waals surface area contributed by atoms with E-state index in [1.807, 2.05) is 13.8 Å². The Morgan fingerprint density at radius 2 is 2.12 bits per heavy atom. The Bertz CT molecular complexity index is 357. The molecule has 1 atom stereocenters. The van der Waals surface area contributed by atoms with Crippen LogP contribution in [0.4, 0.5) is 10.2 Å². The van der Waals surface area contributed by atoms with E-state index in [2.05, 4.69) is 15.3 Å². The smallest absolute Gasteiger partial charge is 0.186 e. The van der Waals surface area contributed by atoms with E-state index in [0.717, 1.165) is 0 Å². The number of hydrogen-bond donors (Lipinski definition) is 1. The zero-order valence-electron chi connectivity index (χ0n) is 10.2. The van der Waals surface area contributed by atoms with E-state index < -0.39 is 0 Å². The molecule has 1 aromatic heterocycles. The quantitative estimate of drug-likeness (QED) is 0.836. The molecule has 1 unspecified atom stereocenters. The highest BCUT2D eigenvalue weighted by Crippen LogP contribution is 2.18. The minimum absolute atomic E-state index is 0.0571. The van der Waals surface area contributed by atoms with Gasteiger partial charge in [0.05, 0.1) is 12.3 Å². The lowest BCUT2D eigenvalue weighted by Crippen LogP contribution is -2.12. The monoisotopic (exact) mass is 227 g/mol. The van der Waals surface area contributed by atoms with Crippen molar-refractivity contribution in [2.75, 3.05) is 25.6 Å². The average molecular weight is 227 g/mol. The molecule has 16 heavy (non-hydrogen) atoms. The normalized spacial score (nSPS) is 12.6. The number of anilines is 1. The summed E-state index contributed by atoms with van der Waals surface area (Å²) in [6, 6.07) is 0. The van der Waals surface area contributed by atoms with Crippen molar-refractivity contribution < 1.29 is 9.13 Å². The van der Waals surface area contributed by atoms with Crippen molar-refractivity contribution in [3.8, 4) is 0 Å². The molecule has 1 N–H and O–H groups in total. The molecular weight excluding hydrogens is 209 g/mol. The maximum Gasteiger partial charge on any atom is 0.186 e.